The molecule has 2 N–H and O–H groups in total. The van der Waals surface area contributed by atoms with Crippen LogP contribution in [0, 0.1) is 5.92 Å². The number of rotatable bonds is 6. The van der Waals surface area contributed by atoms with E-state index in [-0.39, 0.29) is 36.3 Å². The molecule has 0 spiro atoms. The Bertz CT molecular complexity index is 909. The highest BCUT2D eigenvalue weighted by Gasteiger charge is 2.37. The van der Waals surface area contributed by atoms with Crippen molar-refractivity contribution in [1.29, 1.82) is 0 Å². The van der Waals surface area contributed by atoms with E-state index in [1.54, 1.807) is 0 Å². The van der Waals surface area contributed by atoms with Crippen molar-refractivity contribution >= 4 is 17.5 Å². The predicted octanol–water partition coefficient (Wildman–Crippen LogP) is 3.19. The molecule has 0 radical (unpaired) electrons. The van der Waals surface area contributed by atoms with Gasteiger partial charge in [0.05, 0.1) is 18.1 Å². The molecule has 2 aliphatic rings. The number of benzene rings is 2. The maximum atomic E-state index is 13.0. The number of carbonyl (C=O) groups is 2. The van der Waals surface area contributed by atoms with E-state index in [2.05, 4.69) is 10.2 Å². The molecule has 2 heterocycles. The van der Waals surface area contributed by atoms with Crippen LogP contribution in [0.3, 0.4) is 0 Å². The second-order valence-electron chi connectivity index (χ2n) is 8.69. The molecule has 2 fully saturated rings. The Morgan fingerprint density at radius 2 is 1.77 bits per heavy atom. The van der Waals surface area contributed by atoms with Crippen LogP contribution in [-0.2, 0) is 16.1 Å². The van der Waals surface area contributed by atoms with Crippen LogP contribution in [0.25, 0.3) is 0 Å². The number of carbonyl (C=O) groups excluding carboxylic acids is 2. The van der Waals surface area contributed by atoms with Gasteiger partial charge in [-0.15, -0.1) is 0 Å². The summed E-state index contributed by atoms with van der Waals surface area (Å²) in [7, 11) is 0. The number of aliphatic hydroxyl groups excluding tert-OH is 1. The van der Waals surface area contributed by atoms with Crippen molar-refractivity contribution in [1.82, 2.24) is 9.80 Å². The summed E-state index contributed by atoms with van der Waals surface area (Å²) in [6.45, 7) is 4.90. The molecule has 2 aromatic carbocycles. The van der Waals surface area contributed by atoms with Crippen LogP contribution in [0.5, 0.6) is 0 Å². The first-order valence-electron chi connectivity index (χ1n) is 11.1. The smallest absolute Gasteiger partial charge is 0.229 e. The van der Waals surface area contributed by atoms with Crippen molar-refractivity contribution in [3.05, 3.63) is 65.7 Å². The van der Waals surface area contributed by atoms with Gasteiger partial charge in [-0.1, -0.05) is 48.5 Å². The van der Waals surface area contributed by atoms with E-state index >= 15 is 0 Å². The average Bonchev–Trinajstić information content (AvgIpc) is 3.18. The lowest BCUT2D eigenvalue weighted by atomic mass is 10.0. The fourth-order valence-corrected chi connectivity index (χ4v) is 4.53. The number of para-hydroxylation sites is 1. The largest absolute Gasteiger partial charge is 0.393 e. The Labute approximate surface area is 183 Å². The molecule has 4 rings (SSSR count). The zero-order chi connectivity index (χ0) is 21.8. The van der Waals surface area contributed by atoms with Gasteiger partial charge in [-0.25, -0.2) is 0 Å². The maximum Gasteiger partial charge on any atom is 0.229 e. The van der Waals surface area contributed by atoms with Crippen molar-refractivity contribution in [2.24, 2.45) is 5.92 Å². The van der Waals surface area contributed by atoms with E-state index in [1.165, 1.54) is 0 Å². The maximum absolute atomic E-state index is 13.0. The minimum Gasteiger partial charge on any atom is -0.393 e. The Morgan fingerprint density at radius 1 is 1.10 bits per heavy atom. The molecule has 2 unspecified atom stereocenters. The molecular weight excluding hydrogens is 390 g/mol. The van der Waals surface area contributed by atoms with Crippen LogP contribution >= 0.6 is 0 Å². The van der Waals surface area contributed by atoms with E-state index in [4.69, 9.17) is 0 Å². The highest BCUT2D eigenvalue weighted by Crippen LogP contribution is 2.29. The molecule has 2 saturated heterocycles. The summed E-state index contributed by atoms with van der Waals surface area (Å²) in [5.41, 5.74) is 2.95. The summed E-state index contributed by atoms with van der Waals surface area (Å²) in [6, 6.07) is 17.7. The number of nitrogens with one attached hydrogen (secondary N) is 1. The van der Waals surface area contributed by atoms with E-state index in [0.29, 0.717) is 6.54 Å². The second kappa shape index (κ2) is 9.62. The van der Waals surface area contributed by atoms with Gasteiger partial charge in [-0.05, 0) is 37.0 Å². The van der Waals surface area contributed by atoms with Gasteiger partial charge in [-0.3, -0.25) is 14.5 Å². The van der Waals surface area contributed by atoms with Crippen LogP contribution in [0.4, 0.5) is 5.69 Å². The Hall–Kier alpha value is -2.70. The zero-order valence-electron chi connectivity index (χ0n) is 18.0. The first-order valence-corrected chi connectivity index (χ1v) is 11.1. The van der Waals surface area contributed by atoms with Crippen LogP contribution in [-0.4, -0.2) is 52.5 Å². The van der Waals surface area contributed by atoms with E-state index in [1.807, 2.05) is 66.4 Å². The molecule has 2 amide bonds. The van der Waals surface area contributed by atoms with Crippen molar-refractivity contribution in [3.63, 3.8) is 0 Å². The summed E-state index contributed by atoms with van der Waals surface area (Å²) in [4.78, 5) is 29.8. The van der Waals surface area contributed by atoms with Crippen molar-refractivity contribution < 1.29 is 14.7 Å². The zero-order valence-corrected chi connectivity index (χ0v) is 18.0. The average molecular weight is 422 g/mol. The highest BCUT2D eigenvalue weighted by atomic mass is 16.3. The second-order valence-corrected chi connectivity index (χ2v) is 8.69. The highest BCUT2D eigenvalue weighted by molar-refractivity contribution is 5.97. The molecule has 164 valence electrons. The molecule has 31 heavy (non-hydrogen) atoms. The SMILES string of the molecule is CC(c1ccccc1)N1CC(C(=O)Nc2ccccc2CN2CCC(O)CC2)CC1=O. The number of hydrogen-bond donors (Lipinski definition) is 2. The number of amides is 2. The van der Waals surface area contributed by atoms with Crippen molar-refractivity contribution in [2.45, 2.75) is 44.9 Å². The van der Waals surface area contributed by atoms with Crippen molar-refractivity contribution in [2.75, 3.05) is 25.0 Å². The van der Waals surface area contributed by atoms with Crippen LogP contribution in [0.15, 0.2) is 54.6 Å². The quantitative estimate of drug-likeness (QED) is 0.751. The third-order valence-corrected chi connectivity index (χ3v) is 6.51. The third kappa shape index (κ3) is 5.14. The molecule has 2 aromatic rings. The minimum absolute atomic E-state index is 0.0247. The van der Waals surface area contributed by atoms with Gasteiger partial charge in [0.15, 0.2) is 0 Å². The van der Waals surface area contributed by atoms with E-state index < -0.39 is 0 Å². The Balaban J connectivity index is 1.39. The minimum atomic E-state index is -0.350. The molecule has 6 heteroatoms. The fourth-order valence-electron chi connectivity index (χ4n) is 4.53. The van der Waals surface area contributed by atoms with Gasteiger partial charge < -0.3 is 15.3 Å². The molecular formula is C25H31N3O3. The lowest BCUT2D eigenvalue weighted by Crippen LogP contribution is -2.35. The van der Waals surface area contributed by atoms with Gasteiger partial charge in [0.1, 0.15) is 0 Å². The van der Waals surface area contributed by atoms with E-state index in [9.17, 15) is 14.7 Å². The lowest BCUT2D eigenvalue weighted by molar-refractivity contribution is -0.129. The number of piperidine rings is 1. The topological polar surface area (TPSA) is 72.9 Å². The van der Waals surface area contributed by atoms with Crippen molar-refractivity contribution in [3.8, 4) is 0 Å². The number of likely N-dealkylation sites (tertiary alicyclic amines) is 2. The predicted molar refractivity (Wildman–Crippen MR) is 120 cm³/mol. The van der Waals surface area contributed by atoms with Gasteiger partial charge in [0.25, 0.3) is 0 Å². The molecule has 6 nitrogen and oxygen atoms in total. The summed E-state index contributed by atoms with van der Waals surface area (Å²) >= 11 is 0. The van der Waals surface area contributed by atoms with Crippen LogP contribution < -0.4 is 5.32 Å². The molecule has 2 atom stereocenters. The summed E-state index contributed by atoms with van der Waals surface area (Å²) in [5, 5.41) is 12.8. The first-order chi connectivity index (χ1) is 15.0. The first kappa shape index (κ1) is 21.5. The van der Waals surface area contributed by atoms with Gasteiger partial charge in [0, 0.05) is 38.3 Å². The van der Waals surface area contributed by atoms with E-state index in [0.717, 1.165) is 49.3 Å². The van der Waals surface area contributed by atoms with Gasteiger partial charge in [0.2, 0.25) is 11.8 Å². The fraction of sp³-hybridized carbons (Fsp3) is 0.440. The number of anilines is 1. The monoisotopic (exact) mass is 421 g/mol. The Morgan fingerprint density at radius 3 is 2.52 bits per heavy atom. The molecule has 0 saturated carbocycles. The van der Waals surface area contributed by atoms with Crippen LogP contribution in [0.2, 0.25) is 0 Å². The number of nitrogens with zero attached hydrogens (tertiary/aromatic N) is 2. The summed E-state index contributed by atoms with van der Waals surface area (Å²) in [6.07, 6.45) is 1.62. The number of hydrogen-bond acceptors (Lipinski definition) is 4. The standard InChI is InChI=1S/C25H31N3O3/c1-18(19-7-3-2-4-8-19)28-17-21(15-24(28)30)25(31)26-23-10-6-5-9-20(23)16-27-13-11-22(29)12-14-27/h2-10,18,21-22,29H,11-17H2,1H3,(H,26,31). The molecule has 0 aliphatic carbocycles. The summed E-state index contributed by atoms with van der Waals surface area (Å²) < 4.78 is 0. The van der Waals surface area contributed by atoms with Gasteiger partial charge >= 0.3 is 0 Å². The molecule has 0 aromatic heterocycles. The normalized spacial score (nSPS) is 21.3. The lowest BCUT2D eigenvalue weighted by Gasteiger charge is -2.30. The molecule has 0 bridgehead atoms. The van der Waals surface area contributed by atoms with Gasteiger partial charge in [-0.2, -0.15) is 0 Å². The number of aliphatic hydroxyl groups is 1. The Kier molecular flexibility index (Phi) is 6.68. The third-order valence-electron chi connectivity index (χ3n) is 6.51. The summed E-state index contributed by atoms with van der Waals surface area (Å²) in [5.74, 6) is -0.425. The van der Waals surface area contributed by atoms with Crippen LogP contribution in [0.1, 0.15) is 43.4 Å². The molecule has 2 aliphatic heterocycles.